The zero-order valence-corrected chi connectivity index (χ0v) is 12.0. The van der Waals surface area contributed by atoms with Gasteiger partial charge in [0.25, 0.3) is 0 Å². The second-order valence-electron chi connectivity index (χ2n) is 5.68. The van der Waals surface area contributed by atoms with E-state index >= 15 is 0 Å². The molecule has 0 aromatic heterocycles. The Balaban J connectivity index is 2.10. The Labute approximate surface area is 117 Å². The van der Waals surface area contributed by atoms with Gasteiger partial charge < -0.3 is 10.2 Å². The van der Waals surface area contributed by atoms with E-state index in [1.807, 2.05) is 0 Å². The highest BCUT2D eigenvalue weighted by molar-refractivity contribution is 5.50. The van der Waals surface area contributed by atoms with E-state index in [0.29, 0.717) is 17.6 Å². The maximum absolute atomic E-state index is 13.6. The largest absolute Gasteiger partial charge is 0.382 e. The SMILES string of the molecule is CC1CN(C)C(C)CC1Nc1ccc([N+](=O)[O-])c(F)c1. The molecule has 6 heteroatoms. The summed E-state index contributed by atoms with van der Waals surface area (Å²) in [6.45, 7) is 5.30. The summed E-state index contributed by atoms with van der Waals surface area (Å²) >= 11 is 0. The van der Waals surface area contributed by atoms with Gasteiger partial charge in [0.2, 0.25) is 5.82 Å². The van der Waals surface area contributed by atoms with Gasteiger partial charge in [-0.3, -0.25) is 10.1 Å². The molecule has 1 fully saturated rings. The molecule has 0 bridgehead atoms. The predicted octanol–water partition coefficient (Wildman–Crippen LogP) is 2.87. The van der Waals surface area contributed by atoms with Crippen LogP contribution in [0.5, 0.6) is 0 Å². The number of hydrogen-bond acceptors (Lipinski definition) is 4. The number of nitro groups is 1. The van der Waals surface area contributed by atoms with Crippen LogP contribution in [0, 0.1) is 21.8 Å². The lowest BCUT2D eigenvalue weighted by Gasteiger charge is -2.40. The zero-order chi connectivity index (χ0) is 14.9. The fourth-order valence-corrected chi connectivity index (χ4v) is 2.70. The van der Waals surface area contributed by atoms with Crippen LogP contribution in [0.3, 0.4) is 0 Å². The quantitative estimate of drug-likeness (QED) is 0.683. The standard InChI is InChI=1S/C14H20FN3O2/c1-9-8-17(3)10(2)6-13(9)16-11-4-5-14(18(19)20)12(15)7-11/h4-5,7,9-10,13,16H,6,8H2,1-3H3. The number of nitrogens with zero attached hydrogens (tertiary/aromatic N) is 2. The van der Waals surface area contributed by atoms with Gasteiger partial charge in [-0.15, -0.1) is 0 Å². The topological polar surface area (TPSA) is 58.4 Å². The van der Waals surface area contributed by atoms with Crippen LogP contribution in [0.2, 0.25) is 0 Å². The molecular weight excluding hydrogens is 261 g/mol. The molecule has 1 aromatic rings. The molecule has 1 aliphatic heterocycles. The Morgan fingerprint density at radius 3 is 2.75 bits per heavy atom. The lowest BCUT2D eigenvalue weighted by molar-refractivity contribution is -0.387. The molecular formula is C14H20FN3O2. The van der Waals surface area contributed by atoms with Crippen molar-refractivity contribution in [1.82, 2.24) is 4.90 Å². The van der Waals surface area contributed by atoms with Crippen LogP contribution in [0.1, 0.15) is 20.3 Å². The number of nitro benzene ring substituents is 1. The van der Waals surface area contributed by atoms with Gasteiger partial charge in [0.15, 0.2) is 0 Å². The van der Waals surface area contributed by atoms with Gasteiger partial charge in [0, 0.05) is 36.4 Å². The second kappa shape index (κ2) is 5.75. The predicted molar refractivity (Wildman–Crippen MR) is 76.3 cm³/mol. The fourth-order valence-electron chi connectivity index (χ4n) is 2.70. The van der Waals surface area contributed by atoms with Crippen LogP contribution in [0.15, 0.2) is 18.2 Å². The molecule has 1 saturated heterocycles. The van der Waals surface area contributed by atoms with Crippen molar-refractivity contribution in [2.45, 2.75) is 32.4 Å². The molecule has 0 spiro atoms. The van der Waals surface area contributed by atoms with Crippen LogP contribution in [-0.2, 0) is 0 Å². The third kappa shape index (κ3) is 3.07. The van der Waals surface area contributed by atoms with E-state index in [2.05, 4.69) is 31.1 Å². The Morgan fingerprint density at radius 2 is 2.15 bits per heavy atom. The minimum Gasteiger partial charge on any atom is -0.382 e. The van der Waals surface area contributed by atoms with Crippen LogP contribution >= 0.6 is 0 Å². The maximum Gasteiger partial charge on any atom is 0.304 e. The van der Waals surface area contributed by atoms with Gasteiger partial charge in [-0.05, 0) is 32.4 Å². The Bertz CT molecular complexity index is 509. The average Bonchev–Trinajstić information content (AvgIpc) is 2.35. The lowest BCUT2D eigenvalue weighted by atomic mass is 9.89. The highest BCUT2D eigenvalue weighted by Gasteiger charge is 2.29. The molecule has 1 heterocycles. The van der Waals surface area contributed by atoms with Crippen molar-refractivity contribution in [2.75, 3.05) is 18.9 Å². The fraction of sp³-hybridized carbons (Fsp3) is 0.571. The van der Waals surface area contributed by atoms with Crippen molar-refractivity contribution in [3.05, 3.63) is 34.1 Å². The summed E-state index contributed by atoms with van der Waals surface area (Å²) in [6.07, 6.45) is 0.969. The summed E-state index contributed by atoms with van der Waals surface area (Å²) in [5.74, 6) is -0.358. The Morgan fingerprint density at radius 1 is 1.45 bits per heavy atom. The van der Waals surface area contributed by atoms with E-state index in [4.69, 9.17) is 0 Å². The number of nitrogens with one attached hydrogen (secondary N) is 1. The monoisotopic (exact) mass is 281 g/mol. The molecule has 5 nitrogen and oxygen atoms in total. The first-order valence-electron chi connectivity index (χ1n) is 6.79. The molecule has 0 aliphatic carbocycles. The lowest BCUT2D eigenvalue weighted by Crippen LogP contribution is -2.48. The molecule has 0 radical (unpaired) electrons. The molecule has 2 rings (SSSR count). The maximum atomic E-state index is 13.6. The Kier molecular flexibility index (Phi) is 4.23. The van der Waals surface area contributed by atoms with Gasteiger partial charge in [-0.1, -0.05) is 6.92 Å². The third-order valence-electron chi connectivity index (χ3n) is 4.11. The number of anilines is 1. The number of likely N-dealkylation sites (tertiary alicyclic amines) is 1. The molecule has 0 saturated carbocycles. The summed E-state index contributed by atoms with van der Waals surface area (Å²) in [7, 11) is 2.10. The summed E-state index contributed by atoms with van der Waals surface area (Å²) in [5.41, 5.74) is 0.113. The number of halogens is 1. The molecule has 110 valence electrons. The van der Waals surface area contributed by atoms with Gasteiger partial charge >= 0.3 is 5.69 Å². The first-order chi connectivity index (χ1) is 9.38. The van der Waals surface area contributed by atoms with Crippen molar-refractivity contribution >= 4 is 11.4 Å². The molecule has 1 aromatic carbocycles. The van der Waals surface area contributed by atoms with Crippen molar-refractivity contribution in [3.8, 4) is 0 Å². The second-order valence-corrected chi connectivity index (χ2v) is 5.68. The van der Waals surface area contributed by atoms with E-state index in [-0.39, 0.29) is 6.04 Å². The smallest absolute Gasteiger partial charge is 0.304 e. The van der Waals surface area contributed by atoms with E-state index < -0.39 is 16.4 Å². The minimum atomic E-state index is -0.798. The van der Waals surface area contributed by atoms with Crippen LogP contribution in [0.25, 0.3) is 0 Å². The summed E-state index contributed by atoms with van der Waals surface area (Å²) < 4.78 is 13.6. The first kappa shape index (κ1) is 14.7. The van der Waals surface area contributed by atoms with Crippen molar-refractivity contribution in [1.29, 1.82) is 0 Å². The zero-order valence-electron chi connectivity index (χ0n) is 12.0. The van der Waals surface area contributed by atoms with Crippen LogP contribution in [0.4, 0.5) is 15.8 Å². The number of hydrogen-bond donors (Lipinski definition) is 1. The summed E-state index contributed by atoms with van der Waals surface area (Å²) in [5, 5.41) is 13.9. The first-order valence-corrected chi connectivity index (χ1v) is 6.79. The summed E-state index contributed by atoms with van der Waals surface area (Å²) in [4.78, 5) is 12.2. The summed E-state index contributed by atoms with van der Waals surface area (Å²) in [6, 6.07) is 4.69. The number of piperidine rings is 1. The van der Waals surface area contributed by atoms with E-state index in [1.165, 1.54) is 12.1 Å². The minimum absolute atomic E-state index is 0.252. The van der Waals surface area contributed by atoms with Gasteiger partial charge in [-0.2, -0.15) is 4.39 Å². The molecule has 3 atom stereocenters. The van der Waals surface area contributed by atoms with Crippen molar-refractivity contribution < 1.29 is 9.31 Å². The normalized spacial score (nSPS) is 27.3. The number of benzene rings is 1. The Hall–Kier alpha value is -1.69. The average molecular weight is 281 g/mol. The number of rotatable bonds is 3. The molecule has 3 unspecified atom stereocenters. The molecule has 1 aliphatic rings. The van der Waals surface area contributed by atoms with Crippen molar-refractivity contribution in [2.24, 2.45) is 5.92 Å². The van der Waals surface area contributed by atoms with Gasteiger partial charge in [-0.25, -0.2) is 0 Å². The highest BCUT2D eigenvalue weighted by atomic mass is 19.1. The van der Waals surface area contributed by atoms with E-state index in [9.17, 15) is 14.5 Å². The molecule has 1 N–H and O–H groups in total. The molecule has 0 amide bonds. The highest BCUT2D eigenvalue weighted by Crippen LogP contribution is 2.26. The van der Waals surface area contributed by atoms with Gasteiger partial charge in [0.1, 0.15) is 0 Å². The molecule has 20 heavy (non-hydrogen) atoms. The van der Waals surface area contributed by atoms with Gasteiger partial charge in [0.05, 0.1) is 4.92 Å². The van der Waals surface area contributed by atoms with E-state index in [1.54, 1.807) is 6.07 Å². The van der Waals surface area contributed by atoms with Crippen LogP contribution < -0.4 is 5.32 Å². The third-order valence-corrected chi connectivity index (χ3v) is 4.11. The van der Waals surface area contributed by atoms with Crippen LogP contribution in [-0.4, -0.2) is 35.5 Å². The van der Waals surface area contributed by atoms with Crippen molar-refractivity contribution in [3.63, 3.8) is 0 Å². The van der Waals surface area contributed by atoms with E-state index in [0.717, 1.165) is 13.0 Å².